The van der Waals surface area contributed by atoms with Gasteiger partial charge < -0.3 is 19.5 Å². The van der Waals surface area contributed by atoms with E-state index in [9.17, 15) is 9.18 Å². The van der Waals surface area contributed by atoms with Crippen molar-refractivity contribution in [2.24, 2.45) is 5.92 Å². The summed E-state index contributed by atoms with van der Waals surface area (Å²) in [7, 11) is 0. The molecular weight excluding hydrogens is 327 g/mol. The number of nitrogens with zero attached hydrogens (tertiary/aromatic N) is 1. The van der Waals surface area contributed by atoms with Crippen LogP contribution in [-0.4, -0.2) is 69.5 Å². The van der Waals surface area contributed by atoms with Crippen LogP contribution >= 0.6 is 0 Å². The Morgan fingerprint density at radius 3 is 2.68 bits per heavy atom. The molecule has 0 saturated carbocycles. The third-order valence-corrected chi connectivity index (χ3v) is 4.72. The van der Waals surface area contributed by atoms with Gasteiger partial charge in [0, 0.05) is 38.2 Å². The maximum Gasteiger partial charge on any atom is 0.257 e. The normalized spacial score (nSPS) is 22.5. The molecule has 1 aromatic rings. The number of nitrogens with one attached hydrogen (secondary N) is 1. The number of morpholine rings is 1. The number of rotatable bonds is 7. The van der Waals surface area contributed by atoms with Crippen molar-refractivity contribution < 1.29 is 23.4 Å². The van der Waals surface area contributed by atoms with Gasteiger partial charge in [-0.2, -0.15) is 0 Å². The number of benzene rings is 1. The van der Waals surface area contributed by atoms with E-state index in [1.807, 2.05) is 0 Å². The second-order valence-electron chi connectivity index (χ2n) is 6.39. The second-order valence-corrected chi connectivity index (χ2v) is 6.39. The first kappa shape index (κ1) is 18.1. The number of carbonyl (C=O) groups excluding carboxylic acids is 1. The number of hydrogen-bond donors (Lipinski definition) is 1. The van der Waals surface area contributed by atoms with Crippen molar-refractivity contribution in [2.75, 3.05) is 52.7 Å². The van der Waals surface area contributed by atoms with Gasteiger partial charge in [0.1, 0.15) is 11.6 Å². The summed E-state index contributed by atoms with van der Waals surface area (Å²) < 4.78 is 29.2. The van der Waals surface area contributed by atoms with E-state index < -0.39 is 0 Å². The zero-order valence-electron chi connectivity index (χ0n) is 14.3. The van der Waals surface area contributed by atoms with Crippen molar-refractivity contribution in [3.8, 4) is 5.75 Å². The number of ether oxygens (including phenoxy) is 3. The Hall–Kier alpha value is -1.70. The third-order valence-electron chi connectivity index (χ3n) is 4.72. The van der Waals surface area contributed by atoms with Gasteiger partial charge in [-0.1, -0.05) is 0 Å². The molecule has 0 aliphatic carbocycles. The molecule has 25 heavy (non-hydrogen) atoms. The lowest BCUT2D eigenvalue weighted by Crippen LogP contribution is -2.52. The molecule has 2 aliphatic rings. The van der Waals surface area contributed by atoms with E-state index >= 15 is 0 Å². The predicted molar refractivity (Wildman–Crippen MR) is 90.0 cm³/mol. The molecule has 0 bridgehead atoms. The average molecular weight is 352 g/mol. The van der Waals surface area contributed by atoms with Crippen LogP contribution in [0, 0.1) is 11.7 Å². The van der Waals surface area contributed by atoms with Gasteiger partial charge in [0.15, 0.2) is 6.61 Å². The standard InChI is InChI=1S/C18H25FN2O4/c19-15-1-3-16(4-2-15)25-13-18(22)20-11-17(14-5-8-24-12-14)21-6-9-23-10-7-21/h1-4,14,17H,5-13H2,(H,20,22). The van der Waals surface area contributed by atoms with E-state index in [4.69, 9.17) is 14.2 Å². The minimum absolute atomic E-state index is 0.0807. The lowest BCUT2D eigenvalue weighted by Gasteiger charge is -2.37. The zero-order valence-corrected chi connectivity index (χ0v) is 14.3. The SMILES string of the molecule is O=C(COc1ccc(F)cc1)NCC(C1CCOC1)N1CCOCC1. The predicted octanol–water partition coefficient (Wildman–Crippen LogP) is 1.06. The van der Waals surface area contributed by atoms with Gasteiger partial charge in [0.2, 0.25) is 0 Å². The van der Waals surface area contributed by atoms with Crippen LogP contribution in [0.2, 0.25) is 0 Å². The summed E-state index contributed by atoms with van der Waals surface area (Å²) in [5.74, 6) is 0.396. The van der Waals surface area contributed by atoms with Crippen LogP contribution in [-0.2, 0) is 14.3 Å². The van der Waals surface area contributed by atoms with E-state index in [1.54, 1.807) is 0 Å². The first-order chi connectivity index (χ1) is 12.2. The van der Waals surface area contributed by atoms with Crippen molar-refractivity contribution in [3.05, 3.63) is 30.1 Å². The molecule has 7 heteroatoms. The van der Waals surface area contributed by atoms with Crippen molar-refractivity contribution in [2.45, 2.75) is 12.5 Å². The molecule has 3 rings (SSSR count). The van der Waals surface area contributed by atoms with Gasteiger partial charge in [0.05, 0.1) is 19.8 Å². The van der Waals surface area contributed by atoms with E-state index in [0.29, 0.717) is 18.2 Å². The minimum atomic E-state index is -0.330. The summed E-state index contributed by atoms with van der Waals surface area (Å²) >= 11 is 0. The van der Waals surface area contributed by atoms with Crippen molar-refractivity contribution in [1.82, 2.24) is 10.2 Å². The van der Waals surface area contributed by atoms with Crippen molar-refractivity contribution >= 4 is 5.91 Å². The molecule has 2 unspecified atom stereocenters. The van der Waals surface area contributed by atoms with Crippen LogP contribution < -0.4 is 10.1 Å². The molecule has 2 heterocycles. The minimum Gasteiger partial charge on any atom is -0.484 e. The van der Waals surface area contributed by atoms with Crippen LogP contribution in [0.25, 0.3) is 0 Å². The van der Waals surface area contributed by atoms with E-state index in [1.165, 1.54) is 24.3 Å². The monoisotopic (exact) mass is 352 g/mol. The lowest BCUT2D eigenvalue weighted by molar-refractivity contribution is -0.123. The Morgan fingerprint density at radius 1 is 1.24 bits per heavy atom. The summed E-state index contributed by atoms with van der Waals surface area (Å²) in [6.45, 7) is 5.23. The van der Waals surface area contributed by atoms with Gasteiger partial charge in [-0.25, -0.2) is 4.39 Å². The molecule has 2 saturated heterocycles. The van der Waals surface area contributed by atoms with Crippen LogP contribution in [0.3, 0.4) is 0 Å². The Bertz CT molecular complexity index is 543. The Labute approximate surface area is 147 Å². The number of hydrogen-bond acceptors (Lipinski definition) is 5. The second kappa shape index (κ2) is 9.12. The first-order valence-electron chi connectivity index (χ1n) is 8.77. The molecular formula is C18H25FN2O4. The van der Waals surface area contributed by atoms with Gasteiger partial charge in [-0.3, -0.25) is 9.69 Å². The Kier molecular flexibility index (Phi) is 6.61. The maximum absolute atomic E-state index is 12.9. The van der Waals surface area contributed by atoms with Gasteiger partial charge >= 0.3 is 0 Å². The van der Waals surface area contributed by atoms with Gasteiger partial charge in [-0.05, 0) is 30.7 Å². The number of carbonyl (C=O) groups is 1. The number of amides is 1. The molecule has 1 amide bonds. The molecule has 6 nitrogen and oxygen atoms in total. The molecule has 0 spiro atoms. The van der Waals surface area contributed by atoms with Crippen LogP contribution in [0.4, 0.5) is 4.39 Å². The highest BCUT2D eigenvalue weighted by Crippen LogP contribution is 2.21. The fourth-order valence-electron chi connectivity index (χ4n) is 3.31. The molecule has 1 aromatic carbocycles. The first-order valence-corrected chi connectivity index (χ1v) is 8.77. The quantitative estimate of drug-likeness (QED) is 0.795. The molecule has 2 aliphatic heterocycles. The zero-order chi connectivity index (χ0) is 17.5. The summed E-state index contributed by atoms with van der Waals surface area (Å²) in [4.78, 5) is 14.5. The lowest BCUT2D eigenvalue weighted by atomic mass is 9.97. The smallest absolute Gasteiger partial charge is 0.257 e. The van der Waals surface area contributed by atoms with E-state index in [-0.39, 0.29) is 24.4 Å². The summed E-state index contributed by atoms with van der Waals surface area (Å²) in [6, 6.07) is 5.88. The topological polar surface area (TPSA) is 60.0 Å². The van der Waals surface area contributed by atoms with E-state index in [2.05, 4.69) is 10.2 Å². The van der Waals surface area contributed by atoms with Gasteiger partial charge in [0.25, 0.3) is 5.91 Å². The highest BCUT2D eigenvalue weighted by Gasteiger charge is 2.31. The summed E-state index contributed by atoms with van der Waals surface area (Å²) in [5, 5.41) is 2.96. The van der Waals surface area contributed by atoms with Crippen LogP contribution in [0.15, 0.2) is 24.3 Å². The summed E-state index contributed by atoms with van der Waals surface area (Å²) in [6.07, 6.45) is 1.02. The fourth-order valence-corrected chi connectivity index (χ4v) is 3.31. The molecule has 0 radical (unpaired) electrons. The van der Waals surface area contributed by atoms with Crippen LogP contribution in [0.5, 0.6) is 5.75 Å². The Balaban J connectivity index is 1.47. The third kappa shape index (κ3) is 5.39. The molecule has 2 fully saturated rings. The van der Waals surface area contributed by atoms with Crippen molar-refractivity contribution in [3.63, 3.8) is 0 Å². The highest BCUT2D eigenvalue weighted by atomic mass is 19.1. The molecule has 138 valence electrons. The highest BCUT2D eigenvalue weighted by molar-refractivity contribution is 5.77. The van der Waals surface area contributed by atoms with Crippen molar-refractivity contribution in [1.29, 1.82) is 0 Å². The Morgan fingerprint density at radius 2 is 2.00 bits per heavy atom. The fraction of sp³-hybridized carbons (Fsp3) is 0.611. The largest absolute Gasteiger partial charge is 0.484 e. The maximum atomic E-state index is 12.9. The summed E-state index contributed by atoms with van der Waals surface area (Å²) in [5.41, 5.74) is 0. The van der Waals surface area contributed by atoms with Gasteiger partial charge in [-0.15, -0.1) is 0 Å². The molecule has 1 N–H and O–H groups in total. The molecule has 2 atom stereocenters. The molecule has 0 aromatic heterocycles. The average Bonchev–Trinajstić information content (AvgIpc) is 3.17. The van der Waals surface area contributed by atoms with E-state index in [0.717, 1.165) is 45.9 Å². The van der Waals surface area contributed by atoms with Crippen LogP contribution in [0.1, 0.15) is 6.42 Å². The number of halogens is 1.